The van der Waals surface area contributed by atoms with Gasteiger partial charge in [0, 0.05) is 19.0 Å². The van der Waals surface area contributed by atoms with Crippen LogP contribution in [0, 0.1) is 0 Å². The minimum absolute atomic E-state index is 0.196. The van der Waals surface area contributed by atoms with Gasteiger partial charge >= 0.3 is 5.97 Å². The van der Waals surface area contributed by atoms with Crippen LogP contribution in [0.5, 0.6) is 0 Å². The van der Waals surface area contributed by atoms with Gasteiger partial charge in [-0.1, -0.05) is 18.2 Å². The number of benzene rings is 1. The number of carboxylic acid groups (broad SMARTS) is 1. The highest BCUT2D eigenvalue weighted by Crippen LogP contribution is 2.23. The third-order valence-electron chi connectivity index (χ3n) is 2.91. The second kappa shape index (κ2) is 6.68. The lowest BCUT2D eigenvalue weighted by Gasteiger charge is -2.13. The van der Waals surface area contributed by atoms with Crippen molar-refractivity contribution in [2.45, 2.75) is 6.42 Å². The zero-order valence-corrected chi connectivity index (χ0v) is 11.2. The average molecular weight is 272 g/mol. The summed E-state index contributed by atoms with van der Waals surface area (Å²) in [5.74, 6) is -0.982. The van der Waals surface area contributed by atoms with E-state index in [4.69, 9.17) is 9.84 Å². The van der Waals surface area contributed by atoms with Crippen LogP contribution in [0.25, 0.3) is 0 Å². The lowest BCUT2D eigenvalue weighted by Crippen LogP contribution is -2.05. The van der Waals surface area contributed by atoms with Gasteiger partial charge in [-0.05, 0) is 24.1 Å². The molecule has 0 fully saturated rings. The SMILES string of the molecule is COCCc1ccccc1Nc1cnccc1C(=O)O. The van der Waals surface area contributed by atoms with Crippen molar-refractivity contribution in [1.29, 1.82) is 0 Å². The average Bonchev–Trinajstić information content (AvgIpc) is 2.47. The second-order valence-electron chi connectivity index (χ2n) is 4.25. The predicted octanol–water partition coefficient (Wildman–Crippen LogP) is 2.71. The number of hydrogen-bond donors (Lipinski definition) is 2. The minimum atomic E-state index is -0.982. The van der Waals surface area contributed by atoms with E-state index in [0.717, 1.165) is 17.7 Å². The summed E-state index contributed by atoms with van der Waals surface area (Å²) in [6.45, 7) is 0.609. The van der Waals surface area contributed by atoms with Crippen molar-refractivity contribution < 1.29 is 14.6 Å². The molecular formula is C15H16N2O3. The first-order valence-electron chi connectivity index (χ1n) is 6.23. The number of aromatic nitrogens is 1. The summed E-state index contributed by atoms with van der Waals surface area (Å²) in [5.41, 5.74) is 2.60. The number of carbonyl (C=O) groups is 1. The van der Waals surface area contributed by atoms with E-state index in [2.05, 4.69) is 10.3 Å². The molecule has 104 valence electrons. The number of aromatic carboxylic acids is 1. The fourth-order valence-corrected chi connectivity index (χ4v) is 1.90. The molecule has 0 radical (unpaired) electrons. The van der Waals surface area contributed by atoms with E-state index in [1.165, 1.54) is 18.5 Å². The van der Waals surface area contributed by atoms with Gasteiger partial charge in [-0.3, -0.25) is 4.98 Å². The van der Waals surface area contributed by atoms with Gasteiger partial charge in [0.15, 0.2) is 0 Å². The first-order chi connectivity index (χ1) is 9.72. The summed E-state index contributed by atoms with van der Waals surface area (Å²) in [4.78, 5) is 15.1. The highest BCUT2D eigenvalue weighted by atomic mass is 16.5. The Kier molecular flexibility index (Phi) is 4.68. The summed E-state index contributed by atoms with van der Waals surface area (Å²) in [6, 6.07) is 9.21. The zero-order chi connectivity index (χ0) is 14.4. The Balaban J connectivity index is 2.28. The Morgan fingerprint density at radius 3 is 2.85 bits per heavy atom. The van der Waals surface area contributed by atoms with E-state index in [1.54, 1.807) is 7.11 Å². The summed E-state index contributed by atoms with van der Waals surface area (Å²) in [6.07, 6.45) is 3.73. The molecule has 1 aromatic heterocycles. The smallest absolute Gasteiger partial charge is 0.337 e. The molecule has 0 saturated carbocycles. The second-order valence-corrected chi connectivity index (χ2v) is 4.25. The third-order valence-corrected chi connectivity index (χ3v) is 2.91. The number of para-hydroxylation sites is 1. The van der Waals surface area contributed by atoms with Gasteiger partial charge in [-0.2, -0.15) is 0 Å². The molecule has 5 heteroatoms. The molecule has 1 heterocycles. The number of methoxy groups -OCH3 is 1. The van der Waals surface area contributed by atoms with E-state index in [-0.39, 0.29) is 5.56 Å². The molecule has 0 bridgehead atoms. The first-order valence-corrected chi connectivity index (χ1v) is 6.23. The molecule has 5 nitrogen and oxygen atoms in total. The Bertz CT molecular complexity index is 599. The van der Waals surface area contributed by atoms with Gasteiger partial charge in [0.2, 0.25) is 0 Å². The van der Waals surface area contributed by atoms with E-state index < -0.39 is 5.97 Å². The molecule has 0 saturated heterocycles. The fourth-order valence-electron chi connectivity index (χ4n) is 1.90. The van der Waals surface area contributed by atoms with Crippen molar-refractivity contribution in [1.82, 2.24) is 4.98 Å². The van der Waals surface area contributed by atoms with Crippen molar-refractivity contribution >= 4 is 17.3 Å². The highest BCUT2D eigenvalue weighted by molar-refractivity contribution is 5.94. The van der Waals surface area contributed by atoms with E-state index in [9.17, 15) is 4.79 Å². The molecular weight excluding hydrogens is 256 g/mol. The molecule has 1 aromatic carbocycles. The monoisotopic (exact) mass is 272 g/mol. The van der Waals surface area contributed by atoms with Crippen molar-refractivity contribution in [2.75, 3.05) is 19.0 Å². The molecule has 2 rings (SSSR count). The zero-order valence-electron chi connectivity index (χ0n) is 11.2. The van der Waals surface area contributed by atoms with Crippen LogP contribution in [0.3, 0.4) is 0 Å². The van der Waals surface area contributed by atoms with E-state index in [1.807, 2.05) is 24.3 Å². The first kappa shape index (κ1) is 14.0. The van der Waals surface area contributed by atoms with Crippen molar-refractivity contribution in [3.8, 4) is 0 Å². The molecule has 0 spiro atoms. The fraction of sp³-hybridized carbons (Fsp3) is 0.200. The number of pyridine rings is 1. The summed E-state index contributed by atoms with van der Waals surface area (Å²) in [7, 11) is 1.65. The van der Waals surface area contributed by atoms with Gasteiger partial charge in [-0.15, -0.1) is 0 Å². The molecule has 0 unspecified atom stereocenters. The number of hydrogen-bond acceptors (Lipinski definition) is 4. The number of anilines is 2. The maximum Gasteiger partial charge on any atom is 0.337 e. The molecule has 0 amide bonds. The third kappa shape index (κ3) is 3.33. The number of ether oxygens (including phenoxy) is 1. The Labute approximate surface area is 117 Å². The van der Waals surface area contributed by atoms with Crippen molar-refractivity contribution in [2.24, 2.45) is 0 Å². The van der Waals surface area contributed by atoms with Crippen molar-refractivity contribution in [3.05, 3.63) is 53.9 Å². The number of carboxylic acids is 1. The number of nitrogens with zero attached hydrogens (tertiary/aromatic N) is 1. The van der Waals surface area contributed by atoms with Gasteiger partial charge < -0.3 is 15.2 Å². The predicted molar refractivity (Wildman–Crippen MR) is 76.5 cm³/mol. The normalized spacial score (nSPS) is 10.2. The van der Waals surface area contributed by atoms with E-state index >= 15 is 0 Å². The summed E-state index contributed by atoms with van der Waals surface area (Å²) >= 11 is 0. The number of nitrogens with one attached hydrogen (secondary N) is 1. The number of rotatable bonds is 6. The Morgan fingerprint density at radius 1 is 1.30 bits per heavy atom. The molecule has 2 aromatic rings. The van der Waals surface area contributed by atoms with Crippen LogP contribution in [-0.4, -0.2) is 29.8 Å². The lowest BCUT2D eigenvalue weighted by molar-refractivity contribution is 0.0698. The maximum atomic E-state index is 11.2. The van der Waals surface area contributed by atoms with Crippen LogP contribution in [-0.2, 0) is 11.2 Å². The molecule has 2 N–H and O–H groups in total. The van der Waals surface area contributed by atoms with Crippen LogP contribution >= 0.6 is 0 Å². The highest BCUT2D eigenvalue weighted by Gasteiger charge is 2.11. The van der Waals surface area contributed by atoms with Crippen LogP contribution < -0.4 is 5.32 Å². The minimum Gasteiger partial charge on any atom is -0.478 e. The Hall–Kier alpha value is -2.40. The van der Waals surface area contributed by atoms with Gasteiger partial charge in [0.05, 0.1) is 24.1 Å². The molecule has 0 aliphatic carbocycles. The molecule has 0 aliphatic rings. The van der Waals surface area contributed by atoms with E-state index in [0.29, 0.717) is 12.3 Å². The van der Waals surface area contributed by atoms with Gasteiger partial charge in [0.25, 0.3) is 0 Å². The quantitative estimate of drug-likeness (QED) is 0.846. The summed E-state index contributed by atoms with van der Waals surface area (Å²) < 4.78 is 5.08. The maximum absolute atomic E-state index is 11.2. The van der Waals surface area contributed by atoms with Gasteiger partial charge in [0.1, 0.15) is 0 Å². The molecule has 0 aliphatic heterocycles. The van der Waals surface area contributed by atoms with Crippen LogP contribution in [0.4, 0.5) is 11.4 Å². The van der Waals surface area contributed by atoms with Crippen molar-refractivity contribution in [3.63, 3.8) is 0 Å². The standard InChI is InChI=1S/C15H16N2O3/c1-20-9-7-11-4-2-3-5-13(11)17-14-10-16-8-6-12(14)15(18)19/h2-6,8,10,17H,7,9H2,1H3,(H,18,19). The molecule has 0 atom stereocenters. The van der Waals surface area contributed by atoms with Crippen LogP contribution in [0.1, 0.15) is 15.9 Å². The van der Waals surface area contributed by atoms with Gasteiger partial charge in [-0.25, -0.2) is 4.79 Å². The summed E-state index contributed by atoms with van der Waals surface area (Å²) in [5, 5.41) is 12.3. The Morgan fingerprint density at radius 2 is 2.10 bits per heavy atom. The topological polar surface area (TPSA) is 71.5 Å². The lowest BCUT2D eigenvalue weighted by atomic mass is 10.1. The van der Waals surface area contributed by atoms with Crippen LogP contribution in [0.15, 0.2) is 42.7 Å². The molecule has 20 heavy (non-hydrogen) atoms. The van der Waals surface area contributed by atoms with Crippen LogP contribution in [0.2, 0.25) is 0 Å². The largest absolute Gasteiger partial charge is 0.478 e.